The summed E-state index contributed by atoms with van der Waals surface area (Å²) in [5, 5.41) is 1.16. The number of hydrogen-bond acceptors (Lipinski definition) is 0. The zero-order valence-corrected chi connectivity index (χ0v) is 13.6. The Morgan fingerprint density at radius 2 is 1.80 bits per heavy atom. The van der Waals surface area contributed by atoms with E-state index in [9.17, 15) is 0 Å². The Morgan fingerprint density at radius 3 is 2.60 bits per heavy atom. The quantitative estimate of drug-likeness (QED) is 0.576. The van der Waals surface area contributed by atoms with E-state index in [0.29, 0.717) is 10.0 Å². The Hall–Kier alpha value is -1.02. The van der Waals surface area contributed by atoms with Crippen LogP contribution in [0.2, 0.25) is 10.0 Å². The fourth-order valence-electron chi connectivity index (χ4n) is 2.29. The maximum atomic E-state index is 6.02. The Kier molecular flexibility index (Phi) is 4.02. The molecule has 20 heavy (non-hydrogen) atoms. The van der Waals surface area contributed by atoms with Crippen molar-refractivity contribution in [2.24, 2.45) is 0 Å². The highest BCUT2D eigenvalue weighted by molar-refractivity contribution is 9.10. The largest absolute Gasteiger partial charge is 0.0827 e. The van der Waals surface area contributed by atoms with E-state index in [1.165, 1.54) is 16.7 Å². The molecule has 0 saturated heterocycles. The highest BCUT2D eigenvalue weighted by atomic mass is 79.9. The van der Waals surface area contributed by atoms with Crippen LogP contribution in [0.15, 0.2) is 53.0 Å². The monoisotopic (exact) mass is 364 g/mol. The van der Waals surface area contributed by atoms with Crippen molar-refractivity contribution in [3.8, 4) is 0 Å². The van der Waals surface area contributed by atoms with Crippen molar-refractivity contribution in [1.82, 2.24) is 0 Å². The minimum atomic E-state index is 0.581. The van der Waals surface area contributed by atoms with Gasteiger partial charge in [0.2, 0.25) is 0 Å². The zero-order valence-electron chi connectivity index (χ0n) is 10.5. The summed E-state index contributed by atoms with van der Waals surface area (Å²) in [7, 11) is 0. The van der Waals surface area contributed by atoms with Crippen LogP contribution in [0.4, 0.5) is 0 Å². The lowest BCUT2D eigenvalue weighted by atomic mass is 10.0. The molecule has 1 aliphatic rings. The second-order valence-corrected chi connectivity index (χ2v) is 6.40. The summed E-state index contributed by atoms with van der Waals surface area (Å²) in [5.41, 5.74) is 4.94. The number of rotatable bonds is 2. The van der Waals surface area contributed by atoms with Gasteiger partial charge in [-0.1, -0.05) is 69.5 Å². The van der Waals surface area contributed by atoms with E-state index in [4.69, 9.17) is 23.2 Å². The van der Waals surface area contributed by atoms with Crippen LogP contribution in [0.3, 0.4) is 0 Å². The van der Waals surface area contributed by atoms with Crippen LogP contribution in [0, 0.1) is 0 Å². The maximum absolute atomic E-state index is 6.02. The van der Waals surface area contributed by atoms with Gasteiger partial charge in [-0.3, -0.25) is 0 Å². The summed E-state index contributed by atoms with van der Waals surface area (Å²) in [6.45, 7) is 0. The van der Waals surface area contributed by atoms with Gasteiger partial charge in [0, 0.05) is 4.47 Å². The fourth-order valence-corrected chi connectivity index (χ4v) is 2.95. The number of hydrogen-bond donors (Lipinski definition) is 0. The Balaban J connectivity index is 1.88. The third kappa shape index (κ3) is 2.85. The lowest BCUT2D eigenvalue weighted by Gasteiger charge is -2.03. The number of allylic oxidation sites excluding steroid dienone is 3. The topological polar surface area (TPSA) is 0 Å². The van der Waals surface area contributed by atoms with Gasteiger partial charge in [0.05, 0.1) is 10.0 Å². The van der Waals surface area contributed by atoms with Crippen LogP contribution in [0.25, 0.3) is 11.6 Å². The van der Waals surface area contributed by atoms with E-state index < -0.39 is 0 Å². The third-order valence-electron chi connectivity index (χ3n) is 3.32. The highest BCUT2D eigenvalue weighted by Crippen LogP contribution is 2.31. The van der Waals surface area contributed by atoms with Crippen molar-refractivity contribution in [2.75, 3.05) is 0 Å². The van der Waals surface area contributed by atoms with Gasteiger partial charge in [0.15, 0.2) is 0 Å². The molecule has 0 heterocycles. The first kappa shape index (κ1) is 13.9. The second kappa shape index (κ2) is 5.77. The normalized spacial score (nSPS) is 13.7. The number of halogens is 3. The third-order valence-corrected chi connectivity index (χ3v) is 4.56. The van der Waals surface area contributed by atoms with Crippen LogP contribution in [0.5, 0.6) is 0 Å². The van der Waals surface area contributed by atoms with Gasteiger partial charge in [-0.15, -0.1) is 0 Å². The van der Waals surface area contributed by atoms with Crippen molar-refractivity contribution < 1.29 is 0 Å². The molecule has 2 aromatic carbocycles. The molecule has 0 aliphatic heterocycles. The van der Waals surface area contributed by atoms with Gasteiger partial charge >= 0.3 is 0 Å². The van der Waals surface area contributed by atoms with Crippen molar-refractivity contribution in [3.05, 3.63) is 79.8 Å². The molecule has 0 aromatic heterocycles. The van der Waals surface area contributed by atoms with Gasteiger partial charge < -0.3 is 0 Å². The summed E-state index contributed by atoms with van der Waals surface area (Å²) < 4.78 is 1.10. The predicted octanol–water partition coefficient (Wildman–Crippen LogP) is 6.41. The number of fused-ring (bicyclic) bond motifs is 1. The van der Waals surface area contributed by atoms with Crippen molar-refractivity contribution in [3.63, 3.8) is 0 Å². The van der Waals surface area contributed by atoms with Gasteiger partial charge in [-0.25, -0.2) is 0 Å². The summed E-state index contributed by atoms with van der Waals surface area (Å²) in [5.74, 6) is 0. The Bertz CT molecular complexity index is 730. The van der Waals surface area contributed by atoms with Gasteiger partial charge in [-0.2, -0.15) is 0 Å². The van der Waals surface area contributed by atoms with E-state index >= 15 is 0 Å². The molecule has 0 atom stereocenters. The smallest absolute Gasteiger partial charge is 0.0598 e. The SMILES string of the molecule is Clc1ccc(/C=C/C2=CCc3ccc(Br)cc32)cc1Cl. The first-order valence-electron chi connectivity index (χ1n) is 6.25. The molecule has 0 bridgehead atoms. The average Bonchev–Trinajstić information content (AvgIpc) is 2.82. The maximum Gasteiger partial charge on any atom is 0.0598 e. The molecule has 0 saturated carbocycles. The molecule has 2 aromatic rings. The minimum absolute atomic E-state index is 0.581. The number of benzene rings is 2. The van der Waals surface area contributed by atoms with Crippen molar-refractivity contribution in [2.45, 2.75) is 6.42 Å². The molecule has 3 heteroatoms. The summed E-state index contributed by atoms with van der Waals surface area (Å²) in [6, 6.07) is 12.1. The first-order valence-corrected chi connectivity index (χ1v) is 7.80. The molecule has 0 nitrogen and oxygen atoms in total. The van der Waals surface area contributed by atoms with Crippen LogP contribution < -0.4 is 0 Å². The molecular weight excluding hydrogens is 355 g/mol. The van der Waals surface area contributed by atoms with Crippen LogP contribution in [-0.2, 0) is 6.42 Å². The molecule has 0 radical (unpaired) electrons. The standard InChI is InChI=1S/C17H11BrCl2/c18-14-7-6-13-5-4-12(15(13)10-14)3-1-11-2-8-16(19)17(20)9-11/h1-4,6-10H,5H2/b3-1+. The van der Waals surface area contributed by atoms with Gasteiger partial charge in [-0.05, 0) is 52.9 Å². The zero-order chi connectivity index (χ0) is 14.1. The van der Waals surface area contributed by atoms with E-state index in [2.05, 4.69) is 52.4 Å². The highest BCUT2D eigenvalue weighted by Gasteiger charge is 2.11. The molecule has 0 fully saturated rings. The van der Waals surface area contributed by atoms with Crippen molar-refractivity contribution >= 4 is 50.8 Å². The average molecular weight is 366 g/mol. The molecule has 0 spiro atoms. The summed E-state index contributed by atoms with van der Waals surface area (Å²) in [6.07, 6.45) is 7.41. The van der Waals surface area contributed by atoms with Crippen LogP contribution >= 0.6 is 39.1 Å². The van der Waals surface area contributed by atoms with Crippen LogP contribution in [0.1, 0.15) is 16.7 Å². The molecule has 0 N–H and O–H groups in total. The molecule has 0 amide bonds. The fraction of sp³-hybridized carbons (Fsp3) is 0.0588. The molecule has 100 valence electrons. The Morgan fingerprint density at radius 1 is 0.950 bits per heavy atom. The molecule has 1 aliphatic carbocycles. The van der Waals surface area contributed by atoms with Crippen molar-refractivity contribution in [1.29, 1.82) is 0 Å². The lowest BCUT2D eigenvalue weighted by molar-refractivity contribution is 1.31. The summed E-state index contributed by atoms with van der Waals surface area (Å²) >= 11 is 15.5. The molecule has 0 unspecified atom stereocenters. The molecule has 3 rings (SSSR count). The lowest BCUT2D eigenvalue weighted by Crippen LogP contribution is -1.82. The second-order valence-electron chi connectivity index (χ2n) is 4.67. The Labute approximate surface area is 136 Å². The van der Waals surface area contributed by atoms with E-state index in [1.807, 2.05) is 18.2 Å². The first-order chi connectivity index (χ1) is 9.63. The van der Waals surface area contributed by atoms with E-state index in [-0.39, 0.29) is 0 Å². The van der Waals surface area contributed by atoms with E-state index in [1.54, 1.807) is 0 Å². The summed E-state index contributed by atoms with van der Waals surface area (Å²) in [4.78, 5) is 0. The van der Waals surface area contributed by atoms with Gasteiger partial charge in [0.25, 0.3) is 0 Å². The minimum Gasteiger partial charge on any atom is -0.0827 e. The van der Waals surface area contributed by atoms with E-state index in [0.717, 1.165) is 16.5 Å². The van der Waals surface area contributed by atoms with Crippen LogP contribution in [-0.4, -0.2) is 0 Å². The van der Waals surface area contributed by atoms with Gasteiger partial charge in [0.1, 0.15) is 0 Å². The predicted molar refractivity (Wildman–Crippen MR) is 91.3 cm³/mol. The molecular formula is C17H11BrCl2.